The molecule has 1 N–H and O–H groups in total. The lowest BCUT2D eigenvalue weighted by Crippen LogP contribution is -2.16. The van der Waals surface area contributed by atoms with E-state index in [1.54, 1.807) is 12.1 Å². The van der Waals surface area contributed by atoms with E-state index in [1.165, 1.54) is 0 Å². The molecule has 5 rings (SSSR count). The van der Waals surface area contributed by atoms with Gasteiger partial charge in [0.15, 0.2) is 12.4 Å². The first-order valence-corrected chi connectivity index (χ1v) is 12.8. The lowest BCUT2D eigenvalue weighted by molar-refractivity contribution is 0.0911. The van der Waals surface area contributed by atoms with E-state index >= 15 is 0 Å². The highest BCUT2D eigenvalue weighted by molar-refractivity contribution is 14.1. The van der Waals surface area contributed by atoms with Crippen molar-refractivity contribution in [1.82, 2.24) is 4.98 Å². The number of carbonyl (C=O) groups excluding carboxylic acids is 2. The number of ketones is 2. The Morgan fingerprint density at radius 2 is 1.75 bits per heavy atom. The second kappa shape index (κ2) is 11.0. The maximum atomic E-state index is 13.3. The van der Waals surface area contributed by atoms with Crippen LogP contribution in [0.15, 0.2) is 97.1 Å². The van der Waals surface area contributed by atoms with E-state index < -0.39 is 0 Å². The highest BCUT2D eigenvalue weighted by atomic mass is 127. The minimum atomic E-state index is -0.223. The Morgan fingerprint density at radius 1 is 0.944 bits per heavy atom. The predicted octanol–water partition coefficient (Wildman–Crippen LogP) is 6.78. The van der Waals surface area contributed by atoms with Gasteiger partial charge < -0.3 is 14.5 Å². The Bertz CT molecular complexity index is 1470. The van der Waals surface area contributed by atoms with Crippen molar-refractivity contribution in [3.8, 4) is 11.5 Å². The number of benzene rings is 3. The summed E-state index contributed by atoms with van der Waals surface area (Å²) in [5, 5.41) is 0.751. The molecule has 0 radical (unpaired) electrons. The van der Waals surface area contributed by atoms with Crippen molar-refractivity contribution >= 4 is 45.1 Å². The van der Waals surface area contributed by atoms with E-state index in [2.05, 4.69) is 39.7 Å². The van der Waals surface area contributed by atoms with Crippen molar-refractivity contribution in [3.05, 3.63) is 117 Å². The molecule has 3 aromatic carbocycles. The summed E-state index contributed by atoms with van der Waals surface area (Å²) in [6.07, 6.45) is 9.17. The Hall–Kier alpha value is -3.65. The summed E-state index contributed by atoms with van der Waals surface area (Å²) in [5.41, 5.74) is 2.10. The fourth-order valence-electron chi connectivity index (χ4n) is 4.17. The molecular formula is C30H24INO4. The van der Waals surface area contributed by atoms with Crippen LogP contribution in [0.3, 0.4) is 0 Å². The first-order chi connectivity index (χ1) is 17.6. The van der Waals surface area contributed by atoms with Crippen LogP contribution in [0, 0.1) is 9.49 Å². The fourth-order valence-corrected chi connectivity index (χ4v) is 4.66. The van der Waals surface area contributed by atoms with Crippen LogP contribution in [0.1, 0.15) is 32.8 Å². The van der Waals surface area contributed by atoms with Gasteiger partial charge in [-0.15, -0.1) is 0 Å². The summed E-state index contributed by atoms with van der Waals surface area (Å²) in [6.45, 7) is 0.264. The first-order valence-electron chi connectivity index (χ1n) is 11.7. The molecule has 0 saturated heterocycles. The molecule has 0 saturated carbocycles. The van der Waals surface area contributed by atoms with Crippen LogP contribution in [0.25, 0.3) is 10.9 Å². The fraction of sp³-hybridized carbons (Fsp3) is 0.133. The third kappa shape index (κ3) is 5.28. The van der Waals surface area contributed by atoms with E-state index in [1.807, 2.05) is 72.8 Å². The molecule has 1 atom stereocenters. The van der Waals surface area contributed by atoms with Gasteiger partial charge in [-0.1, -0.05) is 66.8 Å². The SMILES string of the molecule is O=C(COc1c(C(=O)c2ccccc2)[nH]c2ccccc12)c1cc(I)ccc1OCC1C=CC=CC1. The molecule has 36 heavy (non-hydrogen) atoms. The maximum Gasteiger partial charge on any atom is 0.213 e. The van der Waals surface area contributed by atoms with Gasteiger partial charge in [-0.3, -0.25) is 9.59 Å². The predicted molar refractivity (Wildman–Crippen MR) is 149 cm³/mol. The van der Waals surface area contributed by atoms with Crippen molar-refractivity contribution in [2.75, 3.05) is 13.2 Å². The van der Waals surface area contributed by atoms with Gasteiger partial charge in [0.1, 0.15) is 11.4 Å². The Kier molecular flexibility index (Phi) is 7.32. The van der Waals surface area contributed by atoms with E-state index in [0.717, 1.165) is 20.9 Å². The average Bonchev–Trinajstić information content (AvgIpc) is 3.30. The number of halogens is 1. The molecule has 6 heteroatoms. The van der Waals surface area contributed by atoms with Gasteiger partial charge in [0.25, 0.3) is 0 Å². The van der Waals surface area contributed by atoms with Gasteiger partial charge in [0.05, 0.1) is 12.2 Å². The monoisotopic (exact) mass is 589 g/mol. The molecule has 0 fully saturated rings. The maximum absolute atomic E-state index is 13.3. The molecule has 4 aromatic rings. The van der Waals surface area contributed by atoms with Gasteiger partial charge in [-0.25, -0.2) is 0 Å². The van der Waals surface area contributed by atoms with Crippen molar-refractivity contribution < 1.29 is 19.1 Å². The Balaban J connectivity index is 1.38. The number of aromatic amines is 1. The minimum absolute atomic E-state index is 0.192. The topological polar surface area (TPSA) is 68.4 Å². The van der Waals surface area contributed by atoms with Gasteiger partial charge in [-0.2, -0.15) is 0 Å². The number of aromatic nitrogens is 1. The van der Waals surface area contributed by atoms with Crippen LogP contribution in [-0.2, 0) is 0 Å². The third-order valence-corrected chi connectivity index (χ3v) is 6.70. The zero-order valence-corrected chi connectivity index (χ0v) is 21.6. The number of hydrogen-bond donors (Lipinski definition) is 1. The normalized spacial score (nSPS) is 14.6. The zero-order valence-electron chi connectivity index (χ0n) is 19.4. The lowest BCUT2D eigenvalue weighted by atomic mass is 10.0. The molecule has 0 spiro atoms. The van der Waals surface area contributed by atoms with Crippen LogP contribution < -0.4 is 9.47 Å². The molecule has 1 aliphatic carbocycles. The molecule has 180 valence electrons. The highest BCUT2D eigenvalue weighted by Gasteiger charge is 2.22. The third-order valence-electron chi connectivity index (χ3n) is 6.03. The van der Waals surface area contributed by atoms with Crippen LogP contribution in [0.2, 0.25) is 0 Å². The number of carbonyl (C=O) groups is 2. The summed E-state index contributed by atoms with van der Waals surface area (Å²) < 4.78 is 13.0. The van der Waals surface area contributed by atoms with Crippen LogP contribution in [-0.4, -0.2) is 29.8 Å². The number of allylic oxidation sites excluding steroid dienone is 3. The van der Waals surface area contributed by atoms with E-state index in [9.17, 15) is 9.59 Å². The number of rotatable bonds is 9. The summed E-state index contributed by atoms with van der Waals surface area (Å²) in [4.78, 5) is 29.8. The molecule has 0 aliphatic heterocycles. The van der Waals surface area contributed by atoms with Crippen LogP contribution in [0.5, 0.6) is 11.5 Å². The van der Waals surface area contributed by atoms with Crippen molar-refractivity contribution in [2.45, 2.75) is 6.42 Å². The van der Waals surface area contributed by atoms with Gasteiger partial charge in [0, 0.05) is 26.0 Å². The van der Waals surface area contributed by atoms with Gasteiger partial charge >= 0.3 is 0 Å². The molecule has 0 bridgehead atoms. The van der Waals surface area contributed by atoms with E-state index in [4.69, 9.17) is 9.47 Å². The summed E-state index contributed by atoms with van der Waals surface area (Å²) >= 11 is 2.18. The molecule has 1 unspecified atom stereocenters. The zero-order chi connectivity index (χ0) is 24.9. The molecule has 1 aromatic heterocycles. The molecule has 1 heterocycles. The van der Waals surface area contributed by atoms with Crippen molar-refractivity contribution in [3.63, 3.8) is 0 Å². The summed E-state index contributed by atoms with van der Waals surface area (Å²) in [5.74, 6) is 0.769. The van der Waals surface area contributed by atoms with Crippen molar-refractivity contribution in [2.24, 2.45) is 5.92 Å². The van der Waals surface area contributed by atoms with Crippen LogP contribution >= 0.6 is 22.6 Å². The number of nitrogens with one attached hydrogen (secondary N) is 1. The van der Waals surface area contributed by atoms with Crippen LogP contribution in [0.4, 0.5) is 0 Å². The van der Waals surface area contributed by atoms with Crippen molar-refractivity contribution in [1.29, 1.82) is 0 Å². The number of Topliss-reactive ketones (excluding diaryl/α,β-unsaturated/α-hetero) is 1. The summed E-state index contributed by atoms with van der Waals surface area (Å²) in [6, 6.07) is 22.1. The molecule has 0 amide bonds. The molecule has 1 aliphatic rings. The Morgan fingerprint density at radius 3 is 2.56 bits per heavy atom. The number of ether oxygens (including phenoxy) is 2. The minimum Gasteiger partial charge on any atom is -0.492 e. The lowest BCUT2D eigenvalue weighted by Gasteiger charge is -2.16. The average molecular weight is 589 g/mol. The second-order valence-corrected chi connectivity index (χ2v) is 9.79. The summed E-state index contributed by atoms with van der Waals surface area (Å²) in [7, 11) is 0. The number of H-pyrrole nitrogens is 1. The highest BCUT2D eigenvalue weighted by Crippen LogP contribution is 2.32. The largest absolute Gasteiger partial charge is 0.492 e. The quantitative estimate of drug-likeness (QED) is 0.173. The first kappa shape index (κ1) is 24.1. The number of fused-ring (bicyclic) bond motifs is 1. The smallest absolute Gasteiger partial charge is 0.213 e. The second-order valence-electron chi connectivity index (χ2n) is 8.54. The molecular weight excluding hydrogens is 565 g/mol. The molecule has 5 nitrogen and oxygen atoms in total. The van der Waals surface area contributed by atoms with E-state index in [0.29, 0.717) is 34.9 Å². The standard InChI is InChI=1S/C30H24INO4/c31-22-15-16-27(35-18-20-9-3-1-4-10-20)24(17-22)26(33)19-36-30-23-13-7-8-14-25(23)32-28(30)29(34)21-11-5-2-6-12-21/h1-9,11-17,20,32H,10,18-19H2. The Labute approximate surface area is 223 Å². The van der Waals surface area contributed by atoms with Gasteiger partial charge in [-0.05, 0) is 59.3 Å². The number of para-hydroxylation sites is 1. The van der Waals surface area contributed by atoms with E-state index in [-0.39, 0.29) is 24.1 Å². The van der Waals surface area contributed by atoms with Gasteiger partial charge in [0.2, 0.25) is 11.6 Å². The number of hydrogen-bond acceptors (Lipinski definition) is 4.